The molecule has 3 atom stereocenters. The average Bonchev–Trinajstić information content (AvgIpc) is 3.03. The summed E-state index contributed by atoms with van der Waals surface area (Å²) in [6, 6.07) is 9.94. The van der Waals surface area contributed by atoms with E-state index in [1.54, 1.807) is 0 Å². The summed E-state index contributed by atoms with van der Waals surface area (Å²) in [6.45, 7) is 1.31. The predicted molar refractivity (Wildman–Crippen MR) is 75.4 cm³/mol. The van der Waals surface area contributed by atoms with Crippen LogP contribution in [0.1, 0.15) is 25.7 Å². The second-order valence-corrected chi connectivity index (χ2v) is 5.76. The Morgan fingerprint density at radius 1 is 1.30 bits per heavy atom. The van der Waals surface area contributed by atoms with Gasteiger partial charge in [0, 0.05) is 24.9 Å². The number of benzene rings is 1. The largest absolute Gasteiger partial charge is 0.494 e. The van der Waals surface area contributed by atoms with Crippen LogP contribution in [0.3, 0.4) is 0 Å². The Labute approximate surface area is 119 Å². The van der Waals surface area contributed by atoms with Crippen LogP contribution in [0.2, 0.25) is 0 Å². The molecule has 2 fully saturated rings. The first-order chi connectivity index (χ1) is 9.74. The van der Waals surface area contributed by atoms with Crippen molar-refractivity contribution in [3.8, 4) is 5.75 Å². The molecule has 1 aliphatic heterocycles. The zero-order valence-electron chi connectivity index (χ0n) is 11.6. The van der Waals surface area contributed by atoms with Gasteiger partial charge in [0.1, 0.15) is 5.75 Å². The lowest BCUT2D eigenvalue weighted by atomic mass is 10.1. The van der Waals surface area contributed by atoms with Gasteiger partial charge in [-0.2, -0.15) is 0 Å². The van der Waals surface area contributed by atoms with Crippen molar-refractivity contribution in [1.29, 1.82) is 0 Å². The minimum Gasteiger partial charge on any atom is -0.494 e. The van der Waals surface area contributed by atoms with Gasteiger partial charge in [-0.05, 0) is 31.4 Å². The maximum absolute atomic E-state index is 12.1. The Balaban J connectivity index is 1.38. The van der Waals surface area contributed by atoms with Crippen molar-refractivity contribution >= 4 is 5.91 Å². The van der Waals surface area contributed by atoms with Crippen LogP contribution >= 0.6 is 0 Å². The van der Waals surface area contributed by atoms with E-state index in [0.717, 1.165) is 31.6 Å². The Bertz CT molecular complexity index is 460. The molecule has 20 heavy (non-hydrogen) atoms. The van der Waals surface area contributed by atoms with Gasteiger partial charge in [-0.3, -0.25) is 4.79 Å². The van der Waals surface area contributed by atoms with E-state index in [9.17, 15) is 9.90 Å². The molecule has 1 heterocycles. The van der Waals surface area contributed by atoms with E-state index < -0.39 is 0 Å². The first-order valence-corrected chi connectivity index (χ1v) is 7.39. The Morgan fingerprint density at radius 3 is 2.75 bits per heavy atom. The normalized spacial score (nSPS) is 27.9. The maximum atomic E-state index is 12.1. The molecule has 1 N–H and O–H groups in total. The van der Waals surface area contributed by atoms with Crippen LogP contribution in [0.5, 0.6) is 5.75 Å². The third-order valence-electron chi connectivity index (χ3n) is 4.37. The molecule has 4 heteroatoms. The highest BCUT2D eigenvalue weighted by atomic mass is 16.5. The topological polar surface area (TPSA) is 49.8 Å². The minimum absolute atomic E-state index is 0.189. The number of piperidine rings is 1. The van der Waals surface area contributed by atoms with E-state index in [4.69, 9.17) is 4.74 Å². The Hall–Kier alpha value is -1.55. The number of hydrogen-bond donors (Lipinski definition) is 1. The third-order valence-corrected chi connectivity index (χ3v) is 4.37. The lowest BCUT2D eigenvalue weighted by Crippen LogP contribution is -2.41. The van der Waals surface area contributed by atoms with Gasteiger partial charge in [0.05, 0.1) is 12.7 Å². The third kappa shape index (κ3) is 2.80. The van der Waals surface area contributed by atoms with Crippen molar-refractivity contribution in [2.45, 2.75) is 37.8 Å². The Morgan fingerprint density at radius 2 is 2.10 bits per heavy atom. The van der Waals surface area contributed by atoms with Crippen LogP contribution < -0.4 is 4.74 Å². The van der Waals surface area contributed by atoms with Crippen molar-refractivity contribution in [3.05, 3.63) is 30.3 Å². The number of likely N-dealkylation sites (tertiary alicyclic amines) is 1. The highest BCUT2D eigenvalue weighted by Crippen LogP contribution is 2.38. The summed E-state index contributed by atoms with van der Waals surface area (Å²) < 4.78 is 5.59. The SMILES string of the molecule is O=C(CCCOc1ccccc1)N1CC2CC1CC2O. The van der Waals surface area contributed by atoms with Crippen molar-refractivity contribution in [1.82, 2.24) is 4.90 Å². The number of para-hydroxylation sites is 1. The fourth-order valence-electron chi connectivity index (χ4n) is 3.31. The smallest absolute Gasteiger partial charge is 0.222 e. The highest BCUT2D eigenvalue weighted by molar-refractivity contribution is 5.77. The molecule has 1 amide bonds. The van der Waals surface area contributed by atoms with Gasteiger partial charge < -0.3 is 14.7 Å². The summed E-state index contributed by atoms with van der Waals surface area (Å²) in [5.74, 6) is 1.37. The summed E-state index contributed by atoms with van der Waals surface area (Å²) in [7, 11) is 0. The monoisotopic (exact) mass is 275 g/mol. The van der Waals surface area contributed by atoms with E-state index in [-0.39, 0.29) is 18.1 Å². The molecule has 108 valence electrons. The van der Waals surface area contributed by atoms with Crippen LogP contribution in [0.4, 0.5) is 0 Å². The molecule has 2 bridgehead atoms. The number of ether oxygens (including phenoxy) is 1. The zero-order chi connectivity index (χ0) is 13.9. The molecule has 2 aliphatic rings. The fraction of sp³-hybridized carbons (Fsp3) is 0.562. The lowest BCUT2D eigenvalue weighted by Gasteiger charge is -2.29. The summed E-state index contributed by atoms with van der Waals surface area (Å²) in [5.41, 5.74) is 0. The van der Waals surface area contributed by atoms with Crippen molar-refractivity contribution in [2.24, 2.45) is 5.92 Å². The number of rotatable bonds is 5. The highest BCUT2D eigenvalue weighted by Gasteiger charge is 2.45. The average molecular weight is 275 g/mol. The van der Waals surface area contributed by atoms with E-state index in [1.165, 1.54) is 0 Å². The number of hydrogen-bond acceptors (Lipinski definition) is 3. The molecule has 0 radical (unpaired) electrons. The van der Waals surface area contributed by atoms with Gasteiger partial charge in [-0.1, -0.05) is 18.2 Å². The summed E-state index contributed by atoms with van der Waals surface area (Å²) in [6.07, 6.45) is 2.83. The van der Waals surface area contributed by atoms with Crippen molar-refractivity contribution in [2.75, 3.05) is 13.2 Å². The minimum atomic E-state index is -0.189. The second-order valence-electron chi connectivity index (χ2n) is 5.76. The first-order valence-electron chi connectivity index (χ1n) is 7.39. The number of nitrogens with zero attached hydrogens (tertiary/aromatic N) is 1. The summed E-state index contributed by atoms with van der Waals surface area (Å²) >= 11 is 0. The van der Waals surface area contributed by atoms with Crippen LogP contribution in [0.15, 0.2) is 30.3 Å². The zero-order valence-corrected chi connectivity index (χ0v) is 11.6. The molecule has 0 aromatic heterocycles. The van der Waals surface area contributed by atoms with Gasteiger partial charge in [0.2, 0.25) is 5.91 Å². The van der Waals surface area contributed by atoms with Gasteiger partial charge in [-0.15, -0.1) is 0 Å². The standard InChI is InChI=1S/C16H21NO3/c18-15-10-13-9-12(15)11-17(13)16(19)7-4-8-20-14-5-2-1-3-6-14/h1-3,5-6,12-13,15,18H,4,7-11H2. The molecular formula is C16H21NO3. The molecule has 1 aromatic rings. The molecule has 1 aromatic carbocycles. The quantitative estimate of drug-likeness (QED) is 0.834. The van der Waals surface area contributed by atoms with E-state index in [2.05, 4.69) is 0 Å². The van der Waals surface area contributed by atoms with Crippen molar-refractivity contribution < 1.29 is 14.6 Å². The summed E-state index contributed by atoms with van der Waals surface area (Å²) in [4.78, 5) is 14.1. The fourth-order valence-corrected chi connectivity index (χ4v) is 3.31. The molecule has 3 unspecified atom stereocenters. The van der Waals surface area contributed by atoms with E-state index in [1.807, 2.05) is 35.2 Å². The number of aliphatic hydroxyl groups is 1. The number of carbonyl (C=O) groups excluding carboxylic acids is 1. The number of fused-ring (bicyclic) bond motifs is 2. The first kappa shape index (κ1) is 13.4. The van der Waals surface area contributed by atoms with Gasteiger partial charge in [0.25, 0.3) is 0 Å². The van der Waals surface area contributed by atoms with E-state index >= 15 is 0 Å². The molecule has 1 saturated carbocycles. The summed E-state index contributed by atoms with van der Waals surface area (Å²) in [5, 5.41) is 9.70. The number of amides is 1. The van der Waals surface area contributed by atoms with Crippen LogP contribution in [0, 0.1) is 5.92 Å². The van der Waals surface area contributed by atoms with Gasteiger partial charge in [0.15, 0.2) is 0 Å². The molecule has 1 aliphatic carbocycles. The Kier molecular flexibility index (Phi) is 3.92. The molecule has 3 rings (SSSR count). The molecular weight excluding hydrogens is 254 g/mol. The van der Waals surface area contributed by atoms with Gasteiger partial charge >= 0.3 is 0 Å². The molecule has 1 saturated heterocycles. The van der Waals surface area contributed by atoms with Crippen LogP contribution in [0.25, 0.3) is 0 Å². The lowest BCUT2D eigenvalue weighted by molar-refractivity contribution is -0.134. The maximum Gasteiger partial charge on any atom is 0.222 e. The predicted octanol–water partition coefficient (Wildman–Crippen LogP) is 1.83. The second kappa shape index (κ2) is 5.83. The number of aliphatic hydroxyl groups excluding tert-OH is 1. The molecule has 0 spiro atoms. The number of carbonyl (C=O) groups is 1. The van der Waals surface area contributed by atoms with Crippen molar-refractivity contribution in [3.63, 3.8) is 0 Å². The van der Waals surface area contributed by atoms with Crippen LogP contribution in [-0.2, 0) is 4.79 Å². The molecule has 4 nitrogen and oxygen atoms in total. The van der Waals surface area contributed by atoms with E-state index in [0.29, 0.717) is 18.9 Å². The van der Waals surface area contributed by atoms with Crippen LogP contribution in [-0.4, -0.2) is 41.2 Å². The van der Waals surface area contributed by atoms with Gasteiger partial charge in [-0.25, -0.2) is 0 Å².